The van der Waals surface area contributed by atoms with Crippen LogP contribution in [0.4, 0.5) is 0 Å². The molecule has 0 spiro atoms. The van der Waals surface area contributed by atoms with E-state index in [2.05, 4.69) is 32.9 Å². The van der Waals surface area contributed by atoms with Gasteiger partial charge >= 0.3 is 5.97 Å². The highest BCUT2D eigenvalue weighted by molar-refractivity contribution is 5.70. The van der Waals surface area contributed by atoms with Crippen molar-refractivity contribution in [3.8, 4) is 0 Å². The van der Waals surface area contributed by atoms with Crippen LogP contribution in [0.5, 0.6) is 0 Å². The molecule has 14 heavy (non-hydrogen) atoms. The van der Waals surface area contributed by atoms with Gasteiger partial charge in [-0.1, -0.05) is 38.5 Å². The van der Waals surface area contributed by atoms with Crippen LogP contribution in [0.15, 0.2) is 23.3 Å². The third kappa shape index (κ3) is 2.72. The quantitative estimate of drug-likeness (QED) is 0.749. The van der Waals surface area contributed by atoms with Crippen molar-refractivity contribution < 1.29 is 9.90 Å². The molecule has 2 heteroatoms. The van der Waals surface area contributed by atoms with Crippen LogP contribution >= 0.6 is 0 Å². The van der Waals surface area contributed by atoms with Gasteiger partial charge < -0.3 is 5.11 Å². The summed E-state index contributed by atoms with van der Waals surface area (Å²) in [5.74, 6) is 0.181. The first-order valence-electron chi connectivity index (χ1n) is 5.12. The monoisotopic (exact) mass is 194 g/mol. The first-order valence-corrected chi connectivity index (χ1v) is 5.12. The summed E-state index contributed by atoms with van der Waals surface area (Å²) in [5.41, 5.74) is 2.31. The minimum absolute atomic E-state index is 0.197. The minimum atomic E-state index is -0.722. The summed E-state index contributed by atoms with van der Waals surface area (Å²) in [6.45, 7) is 6.34. The summed E-state index contributed by atoms with van der Waals surface area (Å²) < 4.78 is 0. The normalized spacial score (nSPS) is 21.9. The second-order valence-corrected chi connectivity index (χ2v) is 4.32. The van der Waals surface area contributed by atoms with Crippen LogP contribution in [0, 0.1) is 11.8 Å². The minimum Gasteiger partial charge on any atom is -0.481 e. The van der Waals surface area contributed by atoms with Crippen LogP contribution in [-0.4, -0.2) is 11.1 Å². The van der Waals surface area contributed by atoms with Crippen molar-refractivity contribution in [1.29, 1.82) is 0 Å². The molecular formula is C12H18O2. The maximum Gasteiger partial charge on any atom is 0.307 e. The molecule has 78 valence electrons. The number of allylic oxidation sites excluding steroid dienone is 3. The number of hydrogen-bond acceptors (Lipinski definition) is 1. The van der Waals surface area contributed by atoms with Crippen molar-refractivity contribution in [1.82, 2.24) is 0 Å². The van der Waals surface area contributed by atoms with Gasteiger partial charge in [-0.2, -0.15) is 0 Å². The second-order valence-electron chi connectivity index (χ2n) is 4.32. The number of carboxylic acid groups (broad SMARTS) is 1. The van der Waals surface area contributed by atoms with Gasteiger partial charge in [0.15, 0.2) is 0 Å². The average molecular weight is 194 g/mol. The maximum absolute atomic E-state index is 10.7. The lowest BCUT2D eigenvalue weighted by atomic mass is 9.84. The van der Waals surface area contributed by atoms with Gasteiger partial charge in [0.25, 0.3) is 0 Å². The number of rotatable bonds is 3. The highest BCUT2D eigenvalue weighted by Gasteiger charge is 2.17. The largest absolute Gasteiger partial charge is 0.481 e. The standard InChI is InChI=1S/C12H18O2/c1-8(2)11-5-4-9(3)6-10(11)7-12(13)14/h4-5,8-9H,6-7H2,1-3H3,(H,13,14). The molecule has 1 atom stereocenters. The number of carboxylic acids is 1. The molecule has 0 saturated carbocycles. The summed E-state index contributed by atoms with van der Waals surface area (Å²) in [7, 11) is 0. The van der Waals surface area contributed by atoms with Crippen molar-refractivity contribution >= 4 is 5.97 Å². The maximum atomic E-state index is 10.7. The summed E-state index contributed by atoms with van der Waals surface area (Å²) >= 11 is 0. The van der Waals surface area contributed by atoms with Crippen molar-refractivity contribution in [2.75, 3.05) is 0 Å². The first kappa shape index (κ1) is 11.0. The molecule has 0 heterocycles. The Morgan fingerprint density at radius 3 is 2.79 bits per heavy atom. The van der Waals surface area contributed by atoms with E-state index in [0.29, 0.717) is 11.8 Å². The molecule has 0 amide bonds. The van der Waals surface area contributed by atoms with Crippen molar-refractivity contribution in [2.45, 2.75) is 33.6 Å². The zero-order chi connectivity index (χ0) is 10.7. The fourth-order valence-electron chi connectivity index (χ4n) is 1.92. The lowest BCUT2D eigenvalue weighted by molar-refractivity contribution is -0.136. The van der Waals surface area contributed by atoms with Crippen molar-refractivity contribution in [2.24, 2.45) is 11.8 Å². The Balaban J connectivity index is 2.89. The molecule has 1 rings (SSSR count). The van der Waals surface area contributed by atoms with E-state index in [1.165, 1.54) is 5.57 Å². The van der Waals surface area contributed by atoms with E-state index in [-0.39, 0.29) is 6.42 Å². The SMILES string of the molecule is CC1C=CC(C(C)C)=C(CC(=O)O)C1. The Kier molecular flexibility index (Phi) is 3.50. The molecule has 2 nitrogen and oxygen atoms in total. The van der Waals surface area contributed by atoms with Gasteiger partial charge in [-0.15, -0.1) is 0 Å². The van der Waals surface area contributed by atoms with E-state index >= 15 is 0 Å². The summed E-state index contributed by atoms with van der Waals surface area (Å²) in [5, 5.41) is 8.79. The van der Waals surface area contributed by atoms with Crippen LogP contribution in [0.25, 0.3) is 0 Å². The smallest absolute Gasteiger partial charge is 0.307 e. The van der Waals surface area contributed by atoms with E-state index in [1.807, 2.05) is 0 Å². The van der Waals surface area contributed by atoms with Gasteiger partial charge in [0.2, 0.25) is 0 Å². The van der Waals surface area contributed by atoms with E-state index in [1.54, 1.807) is 0 Å². The topological polar surface area (TPSA) is 37.3 Å². The van der Waals surface area contributed by atoms with Gasteiger partial charge in [-0.05, 0) is 23.8 Å². The summed E-state index contributed by atoms with van der Waals surface area (Å²) in [6, 6.07) is 0. The van der Waals surface area contributed by atoms with Gasteiger partial charge in [0.05, 0.1) is 6.42 Å². The van der Waals surface area contributed by atoms with Gasteiger partial charge in [0.1, 0.15) is 0 Å². The average Bonchev–Trinajstić information content (AvgIpc) is 2.01. The lowest BCUT2D eigenvalue weighted by Crippen LogP contribution is -2.09. The molecule has 0 aromatic carbocycles. The molecule has 0 aliphatic heterocycles. The van der Waals surface area contributed by atoms with E-state index < -0.39 is 5.97 Å². The molecule has 0 aromatic rings. The zero-order valence-electron chi connectivity index (χ0n) is 9.08. The highest BCUT2D eigenvalue weighted by Crippen LogP contribution is 2.29. The first-order chi connectivity index (χ1) is 6.50. The Morgan fingerprint density at radius 1 is 1.64 bits per heavy atom. The molecule has 1 unspecified atom stereocenters. The fraction of sp³-hybridized carbons (Fsp3) is 0.583. The molecule has 0 fully saturated rings. The van der Waals surface area contributed by atoms with Crippen LogP contribution in [0.1, 0.15) is 33.6 Å². The zero-order valence-corrected chi connectivity index (χ0v) is 9.08. The second kappa shape index (κ2) is 4.45. The van der Waals surface area contributed by atoms with E-state index in [0.717, 1.165) is 12.0 Å². The number of carbonyl (C=O) groups is 1. The summed E-state index contributed by atoms with van der Waals surface area (Å²) in [6.07, 6.45) is 5.36. The van der Waals surface area contributed by atoms with Crippen molar-refractivity contribution in [3.05, 3.63) is 23.3 Å². The summed E-state index contributed by atoms with van der Waals surface area (Å²) in [4.78, 5) is 10.7. The lowest BCUT2D eigenvalue weighted by Gasteiger charge is -2.21. The third-order valence-corrected chi connectivity index (χ3v) is 2.57. The Bertz CT molecular complexity index is 285. The molecule has 0 aromatic heterocycles. The Morgan fingerprint density at radius 2 is 2.29 bits per heavy atom. The van der Waals surface area contributed by atoms with Crippen LogP contribution in [0.3, 0.4) is 0 Å². The van der Waals surface area contributed by atoms with Gasteiger partial charge in [-0.3, -0.25) is 4.79 Å². The molecular weight excluding hydrogens is 176 g/mol. The van der Waals surface area contributed by atoms with Gasteiger partial charge in [0, 0.05) is 0 Å². The molecule has 1 N–H and O–H groups in total. The van der Waals surface area contributed by atoms with Crippen molar-refractivity contribution in [3.63, 3.8) is 0 Å². The fourth-order valence-corrected chi connectivity index (χ4v) is 1.92. The van der Waals surface area contributed by atoms with Crippen LogP contribution in [0.2, 0.25) is 0 Å². The molecule has 0 radical (unpaired) electrons. The Hall–Kier alpha value is -1.05. The molecule has 1 aliphatic rings. The molecule has 1 aliphatic carbocycles. The predicted octanol–water partition coefficient (Wildman–Crippen LogP) is 3.01. The Labute approximate surface area is 85.3 Å². The highest BCUT2D eigenvalue weighted by atomic mass is 16.4. The number of aliphatic carboxylic acids is 1. The third-order valence-electron chi connectivity index (χ3n) is 2.57. The van der Waals surface area contributed by atoms with Crippen LogP contribution in [-0.2, 0) is 4.79 Å². The van der Waals surface area contributed by atoms with E-state index in [4.69, 9.17) is 5.11 Å². The van der Waals surface area contributed by atoms with Gasteiger partial charge in [-0.25, -0.2) is 0 Å². The predicted molar refractivity (Wildman–Crippen MR) is 57.0 cm³/mol. The number of hydrogen-bond donors (Lipinski definition) is 1. The molecule has 0 saturated heterocycles. The molecule has 0 bridgehead atoms. The van der Waals surface area contributed by atoms with Crippen LogP contribution < -0.4 is 0 Å². The van der Waals surface area contributed by atoms with E-state index in [9.17, 15) is 4.79 Å².